The summed E-state index contributed by atoms with van der Waals surface area (Å²) in [5.41, 5.74) is 0.826. The number of rotatable bonds is 4. The highest BCUT2D eigenvalue weighted by molar-refractivity contribution is 9.10. The van der Waals surface area contributed by atoms with Gasteiger partial charge in [-0.25, -0.2) is 8.78 Å². The summed E-state index contributed by atoms with van der Waals surface area (Å²) in [5.74, 6) is 0. The number of hydrogen-bond acceptors (Lipinski definition) is 1. The molecule has 0 radical (unpaired) electrons. The lowest BCUT2D eigenvalue weighted by atomic mass is 10.1. The molecule has 4 heteroatoms. The molecule has 0 aliphatic rings. The van der Waals surface area contributed by atoms with Crippen molar-refractivity contribution in [2.24, 2.45) is 0 Å². The zero-order chi connectivity index (χ0) is 10.6. The van der Waals surface area contributed by atoms with Crippen molar-refractivity contribution in [2.75, 3.05) is 13.6 Å². The minimum absolute atomic E-state index is 0.128. The largest absolute Gasteiger partial charge is 0.319 e. The summed E-state index contributed by atoms with van der Waals surface area (Å²) >= 11 is 3.27. The second kappa shape index (κ2) is 5.41. The van der Waals surface area contributed by atoms with E-state index >= 15 is 0 Å². The Morgan fingerprint density at radius 2 is 2.14 bits per heavy atom. The highest BCUT2D eigenvalue weighted by atomic mass is 79.9. The molecule has 0 bridgehead atoms. The van der Waals surface area contributed by atoms with Crippen LogP contribution in [0.15, 0.2) is 22.7 Å². The fourth-order valence-electron chi connectivity index (χ4n) is 1.26. The van der Waals surface area contributed by atoms with Gasteiger partial charge in [0, 0.05) is 10.0 Å². The van der Waals surface area contributed by atoms with Crippen LogP contribution in [-0.4, -0.2) is 13.6 Å². The molecule has 0 saturated heterocycles. The van der Waals surface area contributed by atoms with Gasteiger partial charge >= 0.3 is 0 Å². The minimum Gasteiger partial charge on any atom is -0.319 e. The first-order valence-corrected chi connectivity index (χ1v) is 5.15. The Labute approximate surface area is 90.6 Å². The van der Waals surface area contributed by atoms with Crippen molar-refractivity contribution in [1.82, 2.24) is 5.32 Å². The molecule has 0 aliphatic carbocycles. The molecule has 0 aliphatic heterocycles. The number of halogens is 3. The molecule has 14 heavy (non-hydrogen) atoms. The van der Waals surface area contributed by atoms with E-state index in [9.17, 15) is 8.78 Å². The lowest BCUT2D eigenvalue weighted by Crippen LogP contribution is -2.11. The number of alkyl halides is 2. The first kappa shape index (κ1) is 11.6. The average Bonchev–Trinajstić information content (AvgIpc) is 2.14. The second-order valence-corrected chi connectivity index (χ2v) is 3.91. The molecule has 1 nitrogen and oxygen atoms in total. The Morgan fingerprint density at radius 1 is 1.43 bits per heavy atom. The monoisotopic (exact) mass is 263 g/mol. The summed E-state index contributed by atoms with van der Waals surface area (Å²) in [6.07, 6.45) is -1.77. The van der Waals surface area contributed by atoms with Gasteiger partial charge in [0.25, 0.3) is 6.43 Å². The van der Waals surface area contributed by atoms with E-state index in [2.05, 4.69) is 21.2 Å². The summed E-state index contributed by atoms with van der Waals surface area (Å²) in [7, 11) is 1.81. The van der Waals surface area contributed by atoms with Crippen molar-refractivity contribution >= 4 is 15.9 Å². The van der Waals surface area contributed by atoms with Gasteiger partial charge in [-0.1, -0.05) is 22.0 Å². The summed E-state index contributed by atoms with van der Waals surface area (Å²) < 4.78 is 25.9. The van der Waals surface area contributed by atoms with Crippen LogP contribution in [-0.2, 0) is 6.42 Å². The molecule has 1 aromatic rings. The minimum atomic E-state index is -2.39. The van der Waals surface area contributed by atoms with Gasteiger partial charge in [0.05, 0.1) is 0 Å². The van der Waals surface area contributed by atoms with E-state index in [-0.39, 0.29) is 5.56 Å². The quantitative estimate of drug-likeness (QED) is 0.880. The zero-order valence-electron chi connectivity index (χ0n) is 7.86. The van der Waals surface area contributed by atoms with Crippen molar-refractivity contribution in [2.45, 2.75) is 12.8 Å². The van der Waals surface area contributed by atoms with Gasteiger partial charge in [-0.3, -0.25) is 0 Å². The van der Waals surface area contributed by atoms with Crippen LogP contribution in [0.2, 0.25) is 0 Å². The summed E-state index contributed by atoms with van der Waals surface area (Å²) in [5, 5.41) is 2.94. The van der Waals surface area contributed by atoms with Crippen molar-refractivity contribution in [1.29, 1.82) is 0 Å². The Kier molecular flexibility index (Phi) is 4.48. The molecule has 0 unspecified atom stereocenters. The average molecular weight is 264 g/mol. The van der Waals surface area contributed by atoms with Gasteiger partial charge in [-0.2, -0.15) is 0 Å². The molecule has 78 valence electrons. The Morgan fingerprint density at radius 3 is 2.71 bits per heavy atom. The maximum atomic E-state index is 12.6. The second-order valence-electron chi connectivity index (χ2n) is 3.00. The number of likely N-dealkylation sites (N-methyl/N-ethyl adjacent to an activating group) is 1. The van der Waals surface area contributed by atoms with Crippen molar-refractivity contribution < 1.29 is 8.78 Å². The lowest BCUT2D eigenvalue weighted by Gasteiger charge is -2.08. The number of nitrogens with one attached hydrogen (secondary N) is 1. The molecule has 0 aromatic heterocycles. The van der Waals surface area contributed by atoms with Crippen LogP contribution in [0.3, 0.4) is 0 Å². The maximum Gasteiger partial charge on any atom is 0.264 e. The molecule has 0 spiro atoms. The van der Waals surface area contributed by atoms with E-state index in [1.165, 1.54) is 6.07 Å². The van der Waals surface area contributed by atoms with Crippen molar-refractivity contribution in [3.05, 3.63) is 33.8 Å². The summed E-state index contributed by atoms with van der Waals surface area (Å²) in [6, 6.07) is 4.86. The maximum absolute atomic E-state index is 12.6. The van der Waals surface area contributed by atoms with Crippen LogP contribution < -0.4 is 5.32 Å². The standard InChI is InChI=1S/C10H12BrF2N/c1-14-5-4-7-6-8(11)2-3-9(7)10(12)13/h2-3,6,10,14H,4-5H2,1H3. The predicted molar refractivity (Wildman–Crippen MR) is 56.7 cm³/mol. The first-order chi connectivity index (χ1) is 6.65. The third kappa shape index (κ3) is 3.03. The van der Waals surface area contributed by atoms with Crippen molar-refractivity contribution in [3.63, 3.8) is 0 Å². The molecule has 0 amide bonds. The van der Waals surface area contributed by atoms with Gasteiger partial charge in [0.1, 0.15) is 0 Å². The van der Waals surface area contributed by atoms with E-state index in [0.717, 1.165) is 4.47 Å². The Balaban J connectivity index is 2.91. The molecule has 1 N–H and O–H groups in total. The molecular formula is C10H12BrF2N. The third-order valence-electron chi connectivity index (χ3n) is 1.98. The molecule has 0 heterocycles. The van der Waals surface area contributed by atoms with Crippen LogP contribution in [0.25, 0.3) is 0 Å². The molecule has 1 rings (SSSR count). The zero-order valence-corrected chi connectivity index (χ0v) is 9.44. The number of benzene rings is 1. The van der Waals surface area contributed by atoms with Gasteiger partial charge in [-0.15, -0.1) is 0 Å². The van der Waals surface area contributed by atoms with E-state index in [0.29, 0.717) is 18.5 Å². The molecule has 0 fully saturated rings. The van der Waals surface area contributed by atoms with E-state index in [1.807, 2.05) is 0 Å². The predicted octanol–water partition coefficient (Wildman–Crippen LogP) is 3.15. The topological polar surface area (TPSA) is 12.0 Å². The van der Waals surface area contributed by atoms with E-state index < -0.39 is 6.43 Å². The van der Waals surface area contributed by atoms with Crippen LogP contribution in [0.5, 0.6) is 0 Å². The normalized spacial score (nSPS) is 10.9. The smallest absolute Gasteiger partial charge is 0.264 e. The van der Waals surface area contributed by atoms with Crippen LogP contribution >= 0.6 is 15.9 Å². The molecule has 0 atom stereocenters. The lowest BCUT2D eigenvalue weighted by molar-refractivity contribution is 0.150. The SMILES string of the molecule is CNCCc1cc(Br)ccc1C(F)F. The van der Waals surface area contributed by atoms with Gasteiger partial charge in [0.15, 0.2) is 0 Å². The van der Waals surface area contributed by atoms with Crippen LogP contribution in [0.4, 0.5) is 8.78 Å². The molecular weight excluding hydrogens is 252 g/mol. The fraction of sp³-hybridized carbons (Fsp3) is 0.400. The Bertz CT molecular complexity index is 302. The van der Waals surface area contributed by atoms with Gasteiger partial charge in [-0.05, 0) is 37.7 Å². The molecule has 0 saturated carbocycles. The highest BCUT2D eigenvalue weighted by Crippen LogP contribution is 2.25. The number of hydrogen-bond donors (Lipinski definition) is 1. The first-order valence-electron chi connectivity index (χ1n) is 4.36. The van der Waals surface area contributed by atoms with Crippen LogP contribution in [0.1, 0.15) is 17.6 Å². The fourth-order valence-corrected chi connectivity index (χ4v) is 1.67. The van der Waals surface area contributed by atoms with E-state index in [1.54, 1.807) is 19.2 Å². The summed E-state index contributed by atoms with van der Waals surface area (Å²) in [6.45, 7) is 0.705. The van der Waals surface area contributed by atoms with Crippen LogP contribution in [0, 0.1) is 0 Å². The summed E-state index contributed by atoms with van der Waals surface area (Å²) in [4.78, 5) is 0. The van der Waals surface area contributed by atoms with Crippen molar-refractivity contribution in [3.8, 4) is 0 Å². The van der Waals surface area contributed by atoms with E-state index in [4.69, 9.17) is 0 Å². The molecule has 1 aromatic carbocycles. The van der Waals surface area contributed by atoms with Gasteiger partial charge in [0.2, 0.25) is 0 Å². The highest BCUT2D eigenvalue weighted by Gasteiger charge is 2.12. The Hall–Kier alpha value is -0.480. The third-order valence-corrected chi connectivity index (χ3v) is 2.48. The van der Waals surface area contributed by atoms with Gasteiger partial charge < -0.3 is 5.32 Å².